The van der Waals surface area contributed by atoms with Gasteiger partial charge in [-0.1, -0.05) is 20.8 Å². The molecule has 0 aliphatic carbocycles. The molecular formula is C11H19F4NO2. The average Bonchev–Trinajstić information content (AvgIpc) is 2.74. The molecule has 1 saturated heterocycles. The molecule has 0 aromatic heterocycles. The smallest absolute Gasteiger partial charge is 0.332 e. The number of alkyl halides is 4. The summed E-state index contributed by atoms with van der Waals surface area (Å²) in [5.41, 5.74) is 0. The van der Waals surface area contributed by atoms with E-state index < -0.39 is 24.4 Å². The van der Waals surface area contributed by atoms with Gasteiger partial charge in [0.1, 0.15) is 0 Å². The zero-order valence-electron chi connectivity index (χ0n) is 10.8. The third-order valence-corrected chi connectivity index (χ3v) is 3.08. The summed E-state index contributed by atoms with van der Waals surface area (Å²) in [5, 5.41) is 0. The van der Waals surface area contributed by atoms with Gasteiger partial charge in [-0.3, -0.25) is 4.90 Å². The average molecular weight is 273 g/mol. The summed E-state index contributed by atoms with van der Waals surface area (Å²) in [7, 11) is 0. The lowest BCUT2D eigenvalue weighted by Gasteiger charge is -2.40. The molecule has 0 aromatic rings. The molecule has 7 heteroatoms. The van der Waals surface area contributed by atoms with Gasteiger partial charge in [0.05, 0.1) is 12.7 Å². The maximum absolute atomic E-state index is 13.8. The zero-order chi connectivity index (χ0) is 14.0. The minimum Gasteiger partial charge on any atom is -0.332 e. The number of hydrogen-bond donors (Lipinski definition) is 0. The highest BCUT2D eigenvalue weighted by atomic mass is 19.4. The van der Waals surface area contributed by atoms with Crippen molar-refractivity contribution in [2.24, 2.45) is 0 Å². The summed E-state index contributed by atoms with van der Waals surface area (Å²) in [6, 6.07) is 0. The molecule has 1 aliphatic rings. The molecule has 0 saturated carbocycles. The Morgan fingerprint density at radius 2 is 1.83 bits per heavy atom. The molecule has 0 bridgehead atoms. The first-order valence-electron chi connectivity index (χ1n) is 6.09. The third kappa shape index (κ3) is 2.78. The third-order valence-electron chi connectivity index (χ3n) is 3.08. The van der Waals surface area contributed by atoms with Gasteiger partial charge in [0.25, 0.3) is 12.1 Å². The molecule has 1 rings (SSSR count). The Hall–Kier alpha value is -0.400. The molecule has 3 nitrogen and oxygen atoms in total. The Morgan fingerprint density at radius 3 is 2.17 bits per heavy atom. The SMILES string of the molecule is CCC1COC(C(F)C(F)(F)F)(N(CC)CC)O1. The largest absolute Gasteiger partial charge is 0.426 e. The maximum Gasteiger partial charge on any atom is 0.426 e. The van der Waals surface area contributed by atoms with Crippen molar-refractivity contribution in [2.75, 3.05) is 19.7 Å². The zero-order valence-corrected chi connectivity index (χ0v) is 10.8. The molecule has 108 valence electrons. The summed E-state index contributed by atoms with van der Waals surface area (Å²) in [5.74, 6) is -2.33. The molecular weight excluding hydrogens is 254 g/mol. The second-order valence-corrected chi connectivity index (χ2v) is 4.17. The van der Waals surface area contributed by atoms with Crippen molar-refractivity contribution in [3.63, 3.8) is 0 Å². The van der Waals surface area contributed by atoms with E-state index in [1.54, 1.807) is 20.8 Å². The van der Waals surface area contributed by atoms with Crippen LogP contribution in [0.3, 0.4) is 0 Å². The Morgan fingerprint density at radius 1 is 1.28 bits per heavy atom. The predicted octanol–water partition coefficient (Wildman–Crippen LogP) is 2.71. The molecule has 0 N–H and O–H groups in total. The van der Waals surface area contributed by atoms with E-state index in [0.29, 0.717) is 6.42 Å². The van der Waals surface area contributed by atoms with Crippen LogP contribution in [0.2, 0.25) is 0 Å². The van der Waals surface area contributed by atoms with Crippen LogP contribution in [0.1, 0.15) is 27.2 Å². The predicted molar refractivity (Wildman–Crippen MR) is 57.7 cm³/mol. The quantitative estimate of drug-likeness (QED) is 0.719. The van der Waals surface area contributed by atoms with Crippen LogP contribution in [0.15, 0.2) is 0 Å². The van der Waals surface area contributed by atoms with E-state index in [2.05, 4.69) is 0 Å². The molecule has 1 aliphatic heterocycles. The first-order valence-corrected chi connectivity index (χ1v) is 6.09. The molecule has 1 heterocycles. The number of halogens is 4. The van der Waals surface area contributed by atoms with Crippen LogP contribution in [0.5, 0.6) is 0 Å². The van der Waals surface area contributed by atoms with E-state index in [1.807, 2.05) is 0 Å². The number of hydrogen-bond acceptors (Lipinski definition) is 3. The van der Waals surface area contributed by atoms with Crippen LogP contribution in [0, 0.1) is 0 Å². The molecule has 3 atom stereocenters. The fourth-order valence-electron chi connectivity index (χ4n) is 2.05. The Bertz CT molecular complexity index is 270. The Kier molecular flexibility index (Phi) is 4.97. The second kappa shape index (κ2) is 5.71. The summed E-state index contributed by atoms with van der Waals surface area (Å²) in [6.07, 6.45) is -8.22. The van der Waals surface area contributed by atoms with Crippen LogP contribution in [-0.4, -0.2) is 49.0 Å². The number of nitrogens with zero attached hydrogens (tertiary/aromatic N) is 1. The molecule has 18 heavy (non-hydrogen) atoms. The van der Waals surface area contributed by atoms with Crippen molar-refractivity contribution >= 4 is 0 Å². The van der Waals surface area contributed by atoms with E-state index in [4.69, 9.17) is 9.47 Å². The molecule has 3 unspecified atom stereocenters. The molecule has 0 amide bonds. The van der Waals surface area contributed by atoms with E-state index in [0.717, 1.165) is 0 Å². The van der Waals surface area contributed by atoms with Crippen LogP contribution >= 0.6 is 0 Å². The maximum atomic E-state index is 13.8. The van der Waals surface area contributed by atoms with Gasteiger partial charge in [-0.15, -0.1) is 0 Å². The normalized spacial score (nSPS) is 31.0. The van der Waals surface area contributed by atoms with Gasteiger partial charge in [-0.2, -0.15) is 13.2 Å². The van der Waals surface area contributed by atoms with Gasteiger partial charge in [0, 0.05) is 13.1 Å². The van der Waals surface area contributed by atoms with Crippen molar-refractivity contribution in [1.82, 2.24) is 4.90 Å². The van der Waals surface area contributed by atoms with Crippen molar-refractivity contribution in [1.29, 1.82) is 0 Å². The van der Waals surface area contributed by atoms with Gasteiger partial charge in [0.2, 0.25) is 0 Å². The van der Waals surface area contributed by atoms with Gasteiger partial charge in [-0.05, 0) is 6.42 Å². The second-order valence-electron chi connectivity index (χ2n) is 4.17. The van der Waals surface area contributed by atoms with Crippen LogP contribution in [0.25, 0.3) is 0 Å². The summed E-state index contributed by atoms with van der Waals surface area (Å²) in [6.45, 7) is 5.43. The summed E-state index contributed by atoms with van der Waals surface area (Å²) >= 11 is 0. The van der Waals surface area contributed by atoms with Gasteiger partial charge in [0.15, 0.2) is 0 Å². The van der Waals surface area contributed by atoms with Crippen LogP contribution < -0.4 is 0 Å². The van der Waals surface area contributed by atoms with Crippen LogP contribution in [-0.2, 0) is 9.47 Å². The van der Waals surface area contributed by atoms with Crippen molar-refractivity contribution in [3.8, 4) is 0 Å². The number of ether oxygens (including phenoxy) is 2. The van der Waals surface area contributed by atoms with Crippen molar-refractivity contribution < 1.29 is 27.0 Å². The molecule has 0 radical (unpaired) electrons. The topological polar surface area (TPSA) is 21.7 Å². The van der Waals surface area contributed by atoms with Crippen molar-refractivity contribution in [3.05, 3.63) is 0 Å². The van der Waals surface area contributed by atoms with Gasteiger partial charge < -0.3 is 9.47 Å². The highest BCUT2D eigenvalue weighted by Gasteiger charge is 2.62. The highest BCUT2D eigenvalue weighted by molar-refractivity contribution is 4.89. The standard InChI is InChI=1S/C11H19F4NO2/c1-4-8-7-17-11(18-8,16(5-2)6-3)9(12)10(13,14)15/h8-9H,4-7H2,1-3H3. The molecule has 0 aromatic carbocycles. The highest BCUT2D eigenvalue weighted by Crippen LogP contribution is 2.40. The fraction of sp³-hybridized carbons (Fsp3) is 1.00. The van der Waals surface area contributed by atoms with E-state index in [9.17, 15) is 17.6 Å². The minimum atomic E-state index is -5.01. The minimum absolute atomic E-state index is 0.0243. The fourth-order valence-corrected chi connectivity index (χ4v) is 2.05. The van der Waals surface area contributed by atoms with E-state index >= 15 is 0 Å². The van der Waals surface area contributed by atoms with Crippen molar-refractivity contribution in [2.45, 2.75) is 51.6 Å². The lowest BCUT2D eigenvalue weighted by molar-refractivity contribution is -0.350. The van der Waals surface area contributed by atoms with Crippen LogP contribution in [0.4, 0.5) is 17.6 Å². The lowest BCUT2D eigenvalue weighted by atomic mass is 10.2. The van der Waals surface area contributed by atoms with E-state index in [1.165, 1.54) is 4.90 Å². The van der Waals surface area contributed by atoms with Gasteiger partial charge in [-0.25, -0.2) is 4.39 Å². The van der Waals surface area contributed by atoms with E-state index in [-0.39, 0.29) is 19.7 Å². The Labute approximate surface area is 104 Å². The number of rotatable bonds is 5. The summed E-state index contributed by atoms with van der Waals surface area (Å²) < 4.78 is 62.1. The molecule has 0 spiro atoms. The summed E-state index contributed by atoms with van der Waals surface area (Å²) in [4.78, 5) is 1.22. The first kappa shape index (κ1) is 15.7. The lowest BCUT2D eigenvalue weighted by Crippen LogP contribution is -2.60. The monoisotopic (exact) mass is 273 g/mol. The van der Waals surface area contributed by atoms with Gasteiger partial charge >= 0.3 is 6.18 Å². The first-order chi connectivity index (χ1) is 8.31. The Balaban J connectivity index is 3.03. The molecule has 1 fully saturated rings.